The maximum absolute atomic E-state index is 11.7. The summed E-state index contributed by atoms with van der Waals surface area (Å²) in [5.41, 5.74) is 0. The SMILES string of the molecule is BCNC(=O)CNC(=O)C(CC)CCCC.CC(C)C. The highest BCUT2D eigenvalue weighted by Crippen LogP contribution is 2.12. The molecule has 118 valence electrons. The van der Waals surface area contributed by atoms with Crippen LogP contribution in [-0.2, 0) is 9.59 Å². The Balaban J connectivity index is 0. The monoisotopic (exact) mass is 284 g/mol. The lowest BCUT2D eigenvalue weighted by atomic mass is 9.98. The molecule has 0 heterocycles. The van der Waals surface area contributed by atoms with E-state index in [2.05, 4.69) is 38.3 Å². The lowest BCUT2D eigenvalue weighted by Crippen LogP contribution is -2.39. The van der Waals surface area contributed by atoms with Gasteiger partial charge in [0.05, 0.1) is 6.54 Å². The molecule has 0 aromatic carbocycles. The molecule has 5 heteroatoms. The number of hydrogen-bond acceptors (Lipinski definition) is 2. The molecule has 0 saturated heterocycles. The van der Waals surface area contributed by atoms with Crippen LogP contribution in [0, 0.1) is 11.8 Å². The summed E-state index contributed by atoms with van der Waals surface area (Å²) >= 11 is 0. The Bertz CT molecular complexity index is 256. The summed E-state index contributed by atoms with van der Waals surface area (Å²) in [6.45, 7) is 10.7. The van der Waals surface area contributed by atoms with Gasteiger partial charge >= 0.3 is 0 Å². The van der Waals surface area contributed by atoms with Crippen LogP contribution in [0.1, 0.15) is 60.3 Å². The number of rotatable bonds is 8. The van der Waals surface area contributed by atoms with Crippen LogP contribution in [-0.4, -0.2) is 32.6 Å². The smallest absolute Gasteiger partial charge is 0.238 e. The van der Waals surface area contributed by atoms with Crippen molar-refractivity contribution in [1.29, 1.82) is 0 Å². The van der Waals surface area contributed by atoms with Crippen molar-refractivity contribution in [2.45, 2.75) is 60.3 Å². The molecule has 0 aromatic rings. The molecule has 2 amide bonds. The van der Waals surface area contributed by atoms with Gasteiger partial charge in [0.1, 0.15) is 7.85 Å². The van der Waals surface area contributed by atoms with Gasteiger partial charge in [-0.2, -0.15) is 0 Å². The summed E-state index contributed by atoms with van der Waals surface area (Å²) in [5.74, 6) is 0.762. The zero-order chi connectivity index (χ0) is 16.0. The van der Waals surface area contributed by atoms with E-state index in [1.165, 1.54) is 0 Å². The van der Waals surface area contributed by atoms with Gasteiger partial charge in [0.25, 0.3) is 0 Å². The van der Waals surface area contributed by atoms with Crippen molar-refractivity contribution in [2.75, 3.05) is 13.0 Å². The minimum Gasteiger partial charge on any atom is -0.363 e. The lowest BCUT2D eigenvalue weighted by Gasteiger charge is -2.14. The third kappa shape index (κ3) is 15.1. The van der Waals surface area contributed by atoms with Gasteiger partial charge < -0.3 is 10.6 Å². The number of nitrogens with one attached hydrogen (secondary N) is 2. The average molecular weight is 284 g/mol. The second-order valence-corrected chi connectivity index (χ2v) is 5.65. The summed E-state index contributed by atoms with van der Waals surface area (Å²) in [6.07, 6.45) is 4.50. The van der Waals surface area contributed by atoms with Crippen molar-refractivity contribution in [3.8, 4) is 0 Å². The maximum atomic E-state index is 11.7. The predicted molar refractivity (Wildman–Crippen MR) is 88.4 cm³/mol. The molecule has 0 radical (unpaired) electrons. The Morgan fingerprint density at radius 2 is 1.65 bits per heavy atom. The maximum Gasteiger partial charge on any atom is 0.238 e. The van der Waals surface area contributed by atoms with E-state index in [-0.39, 0.29) is 24.3 Å². The number of amides is 2. The van der Waals surface area contributed by atoms with Crippen LogP contribution >= 0.6 is 0 Å². The highest BCUT2D eigenvalue weighted by atomic mass is 16.2. The molecule has 1 atom stereocenters. The van der Waals surface area contributed by atoms with Crippen molar-refractivity contribution < 1.29 is 9.59 Å². The number of carbonyl (C=O) groups excluding carboxylic acids is 2. The molecule has 0 aliphatic carbocycles. The van der Waals surface area contributed by atoms with E-state index >= 15 is 0 Å². The summed E-state index contributed by atoms with van der Waals surface area (Å²) in [6, 6.07) is 0. The van der Waals surface area contributed by atoms with E-state index < -0.39 is 0 Å². The van der Waals surface area contributed by atoms with Gasteiger partial charge in [-0.15, -0.1) is 0 Å². The van der Waals surface area contributed by atoms with Crippen molar-refractivity contribution in [3.63, 3.8) is 0 Å². The normalized spacial score (nSPS) is 11.3. The Kier molecular flexibility index (Phi) is 15.4. The van der Waals surface area contributed by atoms with E-state index in [0.29, 0.717) is 6.44 Å². The molecular formula is C15H33BN2O2. The highest BCUT2D eigenvalue weighted by Gasteiger charge is 2.15. The molecule has 20 heavy (non-hydrogen) atoms. The standard InChI is InChI=1S/C11H23BN2O2.C4H10/c1-3-5-6-9(4-2)11(16)13-7-10(15)14-8-12;1-4(2)3/h9H,3-8,12H2,1-2H3,(H,13,16)(H,14,15);4H,1-3H3. The molecule has 0 bridgehead atoms. The van der Waals surface area contributed by atoms with Gasteiger partial charge in [-0.25, -0.2) is 0 Å². The molecule has 1 unspecified atom stereocenters. The number of hydrogen-bond donors (Lipinski definition) is 2. The molecule has 0 aliphatic rings. The first-order chi connectivity index (χ1) is 9.38. The van der Waals surface area contributed by atoms with Gasteiger partial charge in [0.15, 0.2) is 0 Å². The quantitative estimate of drug-likeness (QED) is 0.666. The minimum absolute atomic E-state index is 0.00204. The summed E-state index contributed by atoms with van der Waals surface area (Å²) in [7, 11) is 1.86. The fourth-order valence-electron chi connectivity index (χ4n) is 1.54. The summed E-state index contributed by atoms with van der Waals surface area (Å²) < 4.78 is 0. The number of unbranched alkanes of at least 4 members (excludes halogenated alkanes) is 1. The Morgan fingerprint density at radius 3 is 2.05 bits per heavy atom. The van der Waals surface area contributed by atoms with E-state index in [4.69, 9.17) is 0 Å². The lowest BCUT2D eigenvalue weighted by molar-refractivity contribution is -0.128. The van der Waals surface area contributed by atoms with E-state index in [1.54, 1.807) is 0 Å². The highest BCUT2D eigenvalue weighted by molar-refractivity contribution is 6.10. The Morgan fingerprint density at radius 1 is 1.10 bits per heavy atom. The summed E-state index contributed by atoms with van der Waals surface area (Å²) in [5, 5.41) is 5.32. The first kappa shape index (κ1) is 21.3. The van der Waals surface area contributed by atoms with Crippen LogP contribution in [0.25, 0.3) is 0 Å². The van der Waals surface area contributed by atoms with E-state index in [9.17, 15) is 9.59 Å². The van der Waals surface area contributed by atoms with Crippen LogP contribution in [0.15, 0.2) is 0 Å². The second kappa shape index (κ2) is 14.4. The zero-order valence-electron chi connectivity index (χ0n) is 14.2. The van der Waals surface area contributed by atoms with Crippen molar-refractivity contribution in [2.24, 2.45) is 11.8 Å². The second-order valence-electron chi connectivity index (χ2n) is 5.65. The fourth-order valence-corrected chi connectivity index (χ4v) is 1.54. The molecular weight excluding hydrogens is 251 g/mol. The average Bonchev–Trinajstić information content (AvgIpc) is 2.37. The van der Waals surface area contributed by atoms with Crippen molar-refractivity contribution in [3.05, 3.63) is 0 Å². The molecule has 0 rings (SSSR count). The van der Waals surface area contributed by atoms with Gasteiger partial charge in [0, 0.05) is 5.92 Å². The first-order valence-electron chi connectivity index (χ1n) is 7.93. The van der Waals surface area contributed by atoms with Crippen LogP contribution in [0.5, 0.6) is 0 Å². The largest absolute Gasteiger partial charge is 0.363 e. The van der Waals surface area contributed by atoms with E-state index in [0.717, 1.165) is 31.6 Å². The molecule has 0 spiro atoms. The molecule has 0 saturated carbocycles. The molecule has 2 N–H and O–H groups in total. The van der Waals surface area contributed by atoms with Crippen LogP contribution in [0.3, 0.4) is 0 Å². The van der Waals surface area contributed by atoms with Gasteiger partial charge in [0.2, 0.25) is 11.8 Å². The summed E-state index contributed by atoms with van der Waals surface area (Å²) in [4.78, 5) is 22.8. The van der Waals surface area contributed by atoms with Gasteiger partial charge in [-0.3, -0.25) is 9.59 Å². The van der Waals surface area contributed by atoms with E-state index in [1.807, 2.05) is 14.8 Å². The predicted octanol–water partition coefficient (Wildman–Crippen LogP) is 1.69. The molecule has 0 aliphatic heterocycles. The zero-order valence-corrected chi connectivity index (χ0v) is 14.2. The van der Waals surface area contributed by atoms with Crippen LogP contribution in [0.4, 0.5) is 0 Å². The molecule has 0 fully saturated rings. The topological polar surface area (TPSA) is 58.2 Å². The fraction of sp³-hybridized carbons (Fsp3) is 0.867. The van der Waals surface area contributed by atoms with Crippen molar-refractivity contribution in [1.82, 2.24) is 10.6 Å². The third-order valence-corrected chi connectivity index (χ3v) is 2.57. The Labute approximate surface area is 125 Å². The van der Waals surface area contributed by atoms with Crippen LogP contribution < -0.4 is 10.6 Å². The van der Waals surface area contributed by atoms with Gasteiger partial charge in [-0.1, -0.05) is 47.5 Å². The third-order valence-electron chi connectivity index (χ3n) is 2.57. The van der Waals surface area contributed by atoms with Gasteiger partial charge in [-0.05, 0) is 25.2 Å². The minimum atomic E-state index is -0.124. The van der Waals surface area contributed by atoms with Crippen molar-refractivity contribution >= 4 is 19.7 Å². The van der Waals surface area contributed by atoms with Crippen LogP contribution in [0.2, 0.25) is 0 Å². The first-order valence-corrected chi connectivity index (χ1v) is 7.93. The number of carbonyl (C=O) groups is 2. The molecule has 4 nitrogen and oxygen atoms in total. The Hall–Kier alpha value is -0.995. The molecule has 0 aromatic heterocycles.